The SMILES string of the molecule is Cc1c2ccccc2nc2sc3c(=O)[nH]c(=S)[nH]c3c12. The summed E-state index contributed by atoms with van der Waals surface area (Å²) in [6.45, 7) is 2.05. The lowest BCUT2D eigenvalue weighted by Gasteiger charge is -2.03. The predicted molar refractivity (Wildman–Crippen MR) is 85.2 cm³/mol. The maximum Gasteiger partial charge on any atom is 0.269 e. The van der Waals surface area contributed by atoms with Gasteiger partial charge in [-0.3, -0.25) is 9.78 Å². The number of aryl methyl sites for hydroxylation is 1. The van der Waals surface area contributed by atoms with E-state index in [2.05, 4.69) is 21.9 Å². The van der Waals surface area contributed by atoms with E-state index in [0.717, 1.165) is 32.2 Å². The van der Waals surface area contributed by atoms with E-state index >= 15 is 0 Å². The second-order valence-electron chi connectivity index (χ2n) is 4.65. The number of hydrogen-bond acceptors (Lipinski definition) is 4. The van der Waals surface area contributed by atoms with Crippen LogP contribution in [0.5, 0.6) is 0 Å². The van der Waals surface area contributed by atoms with Crippen LogP contribution in [-0.2, 0) is 0 Å². The zero-order valence-corrected chi connectivity index (χ0v) is 12.1. The Balaban J connectivity index is 2.39. The molecule has 0 aliphatic heterocycles. The highest BCUT2D eigenvalue weighted by atomic mass is 32.1. The third kappa shape index (κ3) is 1.49. The van der Waals surface area contributed by atoms with Gasteiger partial charge < -0.3 is 4.98 Å². The van der Waals surface area contributed by atoms with Crippen LogP contribution in [0, 0.1) is 11.7 Å². The number of rotatable bonds is 0. The van der Waals surface area contributed by atoms with Gasteiger partial charge in [0.2, 0.25) is 0 Å². The first-order chi connectivity index (χ1) is 9.65. The number of nitrogens with zero attached hydrogens (tertiary/aromatic N) is 1. The van der Waals surface area contributed by atoms with Gasteiger partial charge >= 0.3 is 0 Å². The molecule has 3 aromatic heterocycles. The third-order valence-corrected chi connectivity index (χ3v) is 4.75. The first-order valence-electron chi connectivity index (χ1n) is 6.09. The van der Waals surface area contributed by atoms with Crippen molar-refractivity contribution in [1.82, 2.24) is 15.0 Å². The number of nitrogens with one attached hydrogen (secondary N) is 2. The van der Waals surface area contributed by atoms with Crippen molar-refractivity contribution in [1.29, 1.82) is 0 Å². The van der Waals surface area contributed by atoms with Crippen molar-refractivity contribution >= 4 is 54.9 Å². The van der Waals surface area contributed by atoms with Crippen molar-refractivity contribution in [3.63, 3.8) is 0 Å². The third-order valence-electron chi connectivity index (χ3n) is 3.47. The molecule has 4 nitrogen and oxygen atoms in total. The maximum absolute atomic E-state index is 12.0. The number of pyridine rings is 1. The van der Waals surface area contributed by atoms with Gasteiger partial charge in [-0.25, -0.2) is 4.98 Å². The summed E-state index contributed by atoms with van der Waals surface area (Å²) in [6, 6.07) is 7.99. The van der Waals surface area contributed by atoms with Gasteiger partial charge in [-0.15, -0.1) is 11.3 Å². The number of H-pyrrole nitrogens is 2. The molecule has 0 fully saturated rings. The Kier molecular flexibility index (Phi) is 2.33. The van der Waals surface area contributed by atoms with Crippen molar-refractivity contribution in [3.05, 3.63) is 45.0 Å². The molecular formula is C14H9N3OS2. The van der Waals surface area contributed by atoms with E-state index in [1.807, 2.05) is 24.3 Å². The number of hydrogen-bond donors (Lipinski definition) is 2. The second kappa shape index (κ2) is 3.97. The summed E-state index contributed by atoms with van der Waals surface area (Å²) in [4.78, 5) is 23.2. The Hall–Kier alpha value is -2.05. The van der Waals surface area contributed by atoms with Crippen molar-refractivity contribution in [2.75, 3.05) is 0 Å². The van der Waals surface area contributed by atoms with E-state index in [9.17, 15) is 4.79 Å². The summed E-state index contributed by atoms with van der Waals surface area (Å²) in [5.41, 5.74) is 2.69. The van der Waals surface area contributed by atoms with Crippen molar-refractivity contribution < 1.29 is 0 Å². The number of benzene rings is 1. The first-order valence-corrected chi connectivity index (χ1v) is 7.32. The zero-order valence-electron chi connectivity index (χ0n) is 10.5. The molecule has 1 aromatic carbocycles. The van der Waals surface area contributed by atoms with Crippen LogP contribution in [0.1, 0.15) is 5.56 Å². The lowest BCUT2D eigenvalue weighted by Crippen LogP contribution is -2.05. The van der Waals surface area contributed by atoms with Gasteiger partial charge in [-0.2, -0.15) is 0 Å². The molecule has 0 amide bonds. The summed E-state index contributed by atoms with van der Waals surface area (Å²) < 4.78 is 0.981. The van der Waals surface area contributed by atoms with E-state index in [1.165, 1.54) is 11.3 Å². The van der Waals surface area contributed by atoms with Gasteiger partial charge in [0.1, 0.15) is 9.53 Å². The van der Waals surface area contributed by atoms with Crippen LogP contribution in [0.4, 0.5) is 0 Å². The van der Waals surface area contributed by atoms with Crippen LogP contribution < -0.4 is 5.56 Å². The van der Waals surface area contributed by atoms with Crippen molar-refractivity contribution in [2.45, 2.75) is 6.92 Å². The second-order valence-corrected chi connectivity index (χ2v) is 6.06. The molecule has 0 aliphatic carbocycles. The number of para-hydroxylation sites is 1. The Morgan fingerprint density at radius 3 is 2.90 bits per heavy atom. The Morgan fingerprint density at radius 1 is 1.25 bits per heavy atom. The molecule has 0 bridgehead atoms. The predicted octanol–water partition coefficient (Wildman–Crippen LogP) is 3.66. The van der Waals surface area contributed by atoms with Gasteiger partial charge in [0.25, 0.3) is 5.56 Å². The average Bonchev–Trinajstić information content (AvgIpc) is 2.78. The number of fused-ring (bicyclic) bond motifs is 4. The minimum absolute atomic E-state index is 0.157. The molecule has 0 atom stereocenters. The highest BCUT2D eigenvalue weighted by molar-refractivity contribution is 7.71. The van der Waals surface area contributed by atoms with Gasteiger partial charge in [0.15, 0.2) is 4.77 Å². The van der Waals surface area contributed by atoms with Gasteiger partial charge in [-0.1, -0.05) is 18.2 Å². The summed E-state index contributed by atoms with van der Waals surface area (Å²) >= 11 is 6.46. The molecule has 0 unspecified atom stereocenters. The molecule has 0 aliphatic rings. The minimum atomic E-state index is -0.157. The van der Waals surface area contributed by atoms with Crippen LogP contribution in [-0.4, -0.2) is 15.0 Å². The van der Waals surface area contributed by atoms with Crippen LogP contribution in [0.2, 0.25) is 0 Å². The minimum Gasteiger partial charge on any atom is -0.330 e. The van der Waals surface area contributed by atoms with Gasteiger partial charge in [0, 0.05) is 10.8 Å². The summed E-state index contributed by atoms with van der Waals surface area (Å²) in [6.07, 6.45) is 0. The maximum atomic E-state index is 12.0. The fourth-order valence-electron chi connectivity index (χ4n) is 2.56. The molecule has 0 spiro atoms. The summed E-state index contributed by atoms with van der Waals surface area (Å²) in [7, 11) is 0. The Bertz CT molecular complexity index is 1100. The number of aromatic nitrogens is 3. The normalized spacial score (nSPS) is 11.7. The van der Waals surface area contributed by atoms with E-state index in [4.69, 9.17) is 12.2 Å². The molecule has 98 valence electrons. The van der Waals surface area contributed by atoms with Crippen LogP contribution in [0.25, 0.3) is 31.3 Å². The highest BCUT2D eigenvalue weighted by Crippen LogP contribution is 2.34. The molecule has 2 N–H and O–H groups in total. The Labute approximate surface area is 122 Å². The largest absolute Gasteiger partial charge is 0.330 e. The van der Waals surface area contributed by atoms with Crippen molar-refractivity contribution in [3.8, 4) is 0 Å². The molecular weight excluding hydrogens is 290 g/mol. The quantitative estimate of drug-likeness (QED) is 0.487. The fourth-order valence-corrected chi connectivity index (χ4v) is 3.85. The Morgan fingerprint density at radius 2 is 2.05 bits per heavy atom. The van der Waals surface area contributed by atoms with Crippen LogP contribution >= 0.6 is 23.6 Å². The molecule has 0 radical (unpaired) electrons. The lowest BCUT2D eigenvalue weighted by atomic mass is 10.1. The standard InChI is InChI=1S/C14H9N3OS2/c1-6-7-4-2-3-5-8(7)15-13-9(6)10-11(20-13)12(18)17-14(19)16-10/h2-5H,1H3,(H2,16,17,18,19). The topological polar surface area (TPSA) is 61.5 Å². The zero-order chi connectivity index (χ0) is 13.9. The summed E-state index contributed by atoms with van der Waals surface area (Å²) in [5.74, 6) is 0. The molecule has 0 saturated heterocycles. The van der Waals surface area contributed by atoms with Crippen LogP contribution in [0.3, 0.4) is 0 Å². The fraction of sp³-hybridized carbons (Fsp3) is 0.0714. The molecule has 4 aromatic rings. The number of aromatic amines is 2. The van der Waals surface area contributed by atoms with E-state index in [1.54, 1.807) is 0 Å². The monoisotopic (exact) mass is 299 g/mol. The van der Waals surface area contributed by atoms with Gasteiger partial charge in [0.05, 0.1) is 11.0 Å². The summed E-state index contributed by atoms with van der Waals surface area (Å²) in [5, 5.41) is 2.08. The molecule has 6 heteroatoms. The molecule has 3 heterocycles. The molecule has 0 saturated carbocycles. The van der Waals surface area contributed by atoms with Gasteiger partial charge in [-0.05, 0) is 30.8 Å². The lowest BCUT2D eigenvalue weighted by molar-refractivity contribution is 1.15. The molecule has 20 heavy (non-hydrogen) atoms. The molecule has 4 rings (SSSR count). The first kappa shape index (κ1) is 11.7. The van der Waals surface area contributed by atoms with E-state index < -0.39 is 0 Å². The number of thiophene rings is 1. The average molecular weight is 299 g/mol. The highest BCUT2D eigenvalue weighted by Gasteiger charge is 2.14. The van der Waals surface area contributed by atoms with Crippen LogP contribution in [0.15, 0.2) is 29.1 Å². The van der Waals surface area contributed by atoms with E-state index in [0.29, 0.717) is 9.47 Å². The smallest absolute Gasteiger partial charge is 0.269 e. The van der Waals surface area contributed by atoms with E-state index in [-0.39, 0.29) is 5.56 Å². The van der Waals surface area contributed by atoms with Crippen molar-refractivity contribution in [2.24, 2.45) is 0 Å².